The highest BCUT2D eigenvalue weighted by Gasteiger charge is 2.20. The van der Waals surface area contributed by atoms with Gasteiger partial charge in [-0.05, 0) is 13.3 Å². The molecular formula is C8H14N2O. The average molecular weight is 154 g/mol. The van der Waals surface area contributed by atoms with E-state index in [-0.39, 0.29) is 0 Å². The van der Waals surface area contributed by atoms with Gasteiger partial charge in [-0.25, -0.2) is 4.79 Å². The minimum Gasteiger partial charge on any atom is -0.352 e. The molecule has 0 bridgehead atoms. The molecule has 0 rings (SSSR count). The molecule has 3 nitrogen and oxygen atoms in total. The average Bonchev–Trinajstić information content (AvgIpc) is 1.87. The van der Waals surface area contributed by atoms with Crippen LogP contribution in [-0.2, 0) is 0 Å². The maximum absolute atomic E-state index is 10.5. The quantitative estimate of drug-likeness (QED) is 0.582. The molecule has 62 valence electrons. The summed E-state index contributed by atoms with van der Waals surface area (Å²) in [6.07, 6.45) is 6.88. The number of hydrogen-bond acceptors (Lipinski definition) is 1. The van der Waals surface area contributed by atoms with Crippen molar-refractivity contribution in [3.63, 3.8) is 0 Å². The van der Waals surface area contributed by atoms with Crippen molar-refractivity contribution in [1.82, 2.24) is 5.32 Å². The number of primary amides is 1. The van der Waals surface area contributed by atoms with Crippen molar-refractivity contribution in [3.05, 3.63) is 0 Å². The number of carbonyl (C=O) groups excluding carboxylic acids is 1. The topological polar surface area (TPSA) is 55.1 Å². The van der Waals surface area contributed by atoms with Gasteiger partial charge in [-0.1, -0.05) is 19.3 Å². The molecule has 0 aliphatic rings. The molecule has 0 radical (unpaired) electrons. The van der Waals surface area contributed by atoms with Gasteiger partial charge in [0.1, 0.15) is 0 Å². The summed E-state index contributed by atoms with van der Waals surface area (Å²) in [6.45, 7) is 3.78. The van der Waals surface area contributed by atoms with Crippen LogP contribution in [0.4, 0.5) is 4.79 Å². The second kappa shape index (κ2) is 3.87. The fourth-order valence-corrected chi connectivity index (χ4v) is 0.943. The SMILES string of the molecule is C#CC(C)(CCC)NC(N)=O. The standard InChI is InChI=1S/C8H14N2O/c1-4-6-8(3,5-2)10-7(9)11/h2H,4,6H2,1,3H3,(H3,9,10,11). The summed E-state index contributed by atoms with van der Waals surface area (Å²) in [5, 5.41) is 2.51. The number of rotatable bonds is 3. The van der Waals surface area contributed by atoms with E-state index >= 15 is 0 Å². The molecule has 0 aliphatic carbocycles. The Labute approximate surface area is 67.3 Å². The fraction of sp³-hybridized carbons (Fsp3) is 0.625. The van der Waals surface area contributed by atoms with E-state index in [2.05, 4.69) is 11.2 Å². The molecule has 1 unspecified atom stereocenters. The van der Waals surface area contributed by atoms with Gasteiger partial charge >= 0.3 is 6.03 Å². The van der Waals surface area contributed by atoms with Gasteiger partial charge in [0.05, 0.1) is 5.54 Å². The first-order chi connectivity index (χ1) is 5.04. The van der Waals surface area contributed by atoms with Gasteiger partial charge in [0, 0.05) is 0 Å². The van der Waals surface area contributed by atoms with Gasteiger partial charge in [-0.2, -0.15) is 0 Å². The Morgan fingerprint density at radius 3 is 2.64 bits per heavy atom. The molecule has 3 N–H and O–H groups in total. The van der Waals surface area contributed by atoms with Crippen LogP contribution in [0.5, 0.6) is 0 Å². The Bertz CT molecular complexity index is 183. The Hall–Kier alpha value is -1.17. The lowest BCUT2D eigenvalue weighted by molar-refractivity contribution is 0.241. The highest BCUT2D eigenvalue weighted by molar-refractivity contribution is 5.73. The van der Waals surface area contributed by atoms with E-state index in [4.69, 9.17) is 12.2 Å². The van der Waals surface area contributed by atoms with Crippen LogP contribution in [0.15, 0.2) is 0 Å². The van der Waals surface area contributed by atoms with Gasteiger partial charge in [-0.15, -0.1) is 6.42 Å². The van der Waals surface area contributed by atoms with E-state index in [1.807, 2.05) is 6.92 Å². The zero-order valence-electron chi connectivity index (χ0n) is 6.98. The van der Waals surface area contributed by atoms with Crippen LogP contribution >= 0.6 is 0 Å². The Kier molecular flexibility index (Phi) is 3.46. The van der Waals surface area contributed by atoms with Gasteiger partial charge < -0.3 is 11.1 Å². The van der Waals surface area contributed by atoms with Crippen LogP contribution in [0, 0.1) is 12.3 Å². The number of carbonyl (C=O) groups is 1. The molecule has 3 heteroatoms. The maximum atomic E-state index is 10.5. The molecule has 0 aromatic carbocycles. The third kappa shape index (κ3) is 3.51. The van der Waals surface area contributed by atoms with Crippen molar-refractivity contribution in [2.75, 3.05) is 0 Å². The summed E-state index contributed by atoms with van der Waals surface area (Å²) in [5.41, 5.74) is 4.36. The number of nitrogens with two attached hydrogens (primary N) is 1. The molecular weight excluding hydrogens is 140 g/mol. The number of hydrogen-bond donors (Lipinski definition) is 2. The molecule has 2 amide bonds. The van der Waals surface area contributed by atoms with Crippen molar-refractivity contribution in [2.24, 2.45) is 5.73 Å². The molecule has 0 aliphatic heterocycles. The summed E-state index contributed by atoms with van der Waals surface area (Å²) in [7, 11) is 0. The smallest absolute Gasteiger partial charge is 0.313 e. The minimum absolute atomic E-state index is 0.570. The molecule has 0 saturated heterocycles. The summed E-state index contributed by atoms with van der Waals surface area (Å²) in [5.74, 6) is 2.50. The zero-order chi connectivity index (χ0) is 8.91. The van der Waals surface area contributed by atoms with Crippen LogP contribution in [-0.4, -0.2) is 11.6 Å². The molecule has 0 heterocycles. The van der Waals surface area contributed by atoms with Gasteiger partial charge in [0.25, 0.3) is 0 Å². The van der Waals surface area contributed by atoms with Crippen LogP contribution in [0.3, 0.4) is 0 Å². The third-order valence-electron chi connectivity index (χ3n) is 1.47. The minimum atomic E-state index is -0.583. The first kappa shape index (κ1) is 9.83. The van der Waals surface area contributed by atoms with Crippen LogP contribution in [0.25, 0.3) is 0 Å². The lowest BCUT2D eigenvalue weighted by Crippen LogP contribution is -2.47. The largest absolute Gasteiger partial charge is 0.352 e. The van der Waals surface area contributed by atoms with Crippen molar-refractivity contribution >= 4 is 6.03 Å². The molecule has 0 fully saturated rings. The molecule has 11 heavy (non-hydrogen) atoms. The lowest BCUT2D eigenvalue weighted by Gasteiger charge is -2.22. The maximum Gasteiger partial charge on any atom is 0.313 e. The van der Waals surface area contributed by atoms with E-state index < -0.39 is 11.6 Å². The monoisotopic (exact) mass is 154 g/mol. The predicted molar refractivity (Wildman–Crippen MR) is 44.9 cm³/mol. The Balaban J connectivity index is 4.13. The molecule has 0 spiro atoms. The Morgan fingerprint density at radius 2 is 2.36 bits per heavy atom. The van der Waals surface area contributed by atoms with Crippen molar-refractivity contribution in [1.29, 1.82) is 0 Å². The normalized spacial score (nSPS) is 14.6. The number of terminal acetylenes is 1. The first-order valence-electron chi connectivity index (χ1n) is 3.59. The number of amides is 2. The van der Waals surface area contributed by atoms with E-state index in [1.165, 1.54) is 0 Å². The van der Waals surface area contributed by atoms with Gasteiger partial charge in [0.2, 0.25) is 0 Å². The summed E-state index contributed by atoms with van der Waals surface area (Å²) in [4.78, 5) is 10.5. The first-order valence-corrected chi connectivity index (χ1v) is 3.59. The van der Waals surface area contributed by atoms with Gasteiger partial charge in [0.15, 0.2) is 0 Å². The van der Waals surface area contributed by atoms with E-state index in [0.717, 1.165) is 12.8 Å². The summed E-state index contributed by atoms with van der Waals surface area (Å²) in [6, 6.07) is -0.570. The molecule has 0 aromatic rings. The predicted octanol–water partition coefficient (Wildman–Crippen LogP) is 0.847. The van der Waals surface area contributed by atoms with Gasteiger partial charge in [-0.3, -0.25) is 0 Å². The van der Waals surface area contributed by atoms with E-state index in [1.54, 1.807) is 6.92 Å². The van der Waals surface area contributed by atoms with E-state index in [9.17, 15) is 4.79 Å². The number of urea groups is 1. The molecule has 0 saturated carbocycles. The highest BCUT2D eigenvalue weighted by Crippen LogP contribution is 2.09. The molecule has 0 aromatic heterocycles. The Morgan fingerprint density at radius 1 is 1.82 bits per heavy atom. The number of nitrogens with one attached hydrogen (secondary N) is 1. The lowest BCUT2D eigenvalue weighted by atomic mass is 9.98. The molecule has 1 atom stereocenters. The second-order valence-electron chi connectivity index (χ2n) is 2.72. The van der Waals surface area contributed by atoms with Crippen LogP contribution in [0.2, 0.25) is 0 Å². The summed E-state index contributed by atoms with van der Waals surface area (Å²) >= 11 is 0. The van der Waals surface area contributed by atoms with Crippen molar-refractivity contribution in [2.45, 2.75) is 32.2 Å². The zero-order valence-corrected chi connectivity index (χ0v) is 6.98. The highest BCUT2D eigenvalue weighted by atomic mass is 16.2. The fourth-order valence-electron chi connectivity index (χ4n) is 0.943. The third-order valence-corrected chi connectivity index (χ3v) is 1.47. The second-order valence-corrected chi connectivity index (χ2v) is 2.72. The van der Waals surface area contributed by atoms with E-state index in [0.29, 0.717) is 0 Å². The van der Waals surface area contributed by atoms with Crippen molar-refractivity contribution in [3.8, 4) is 12.3 Å². The van der Waals surface area contributed by atoms with Crippen LogP contribution < -0.4 is 11.1 Å². The summed E-state index contributed by atoms with van der Waals surface area (Å²) < 4.78 is 0. The van der Waals surface area contributed by atoms with Crippen LogP contribution in [0.1, 0.15) is 26.7 Å². The van der Waals surface area contributed by atoms with Crippen molar-refractivity contribution < 1.29 is 4.79 Å².